The van der Waals surface area contributed by atoms with Crippen LogP contribution in [0.3, 0.4) is 0 Å². The van der Waals surface area contributed by atoms with Gasteiger partial charge < -0.3 is 0 Å². The van der Waals surface area contributed by atoms with Crippen LogP contribution in [0.2, 0.25) is 0 Å². The van der Waals surface area contributed by atoms with Crippen LogP contribution in [-0.2, 0) is 12.8 Å². The highest BCUT2D eigenvalue weighted by atomic mass is 14.2. The van der Waals surface area contributed by atoms with Crippen molar-refractivity contribution in [3.63, 3.8) is 0 Å². The monoisotopic (exact) mass is 418 g/mol. The quantitative estimate of drug-likeness (QED) is 0.274. The van der Waals surface area contributed by atoms with E-state index >= 15 is 0 Å². The number of aryl methyl sites for hydroxylation is 2. The molecule has 4 aromatic rings. The third kappa shape index (κ3) is 5.65. The van der Waals surface area contributed by atoms with E-state index in [4.69, 9.17) is 0 Å². The van der Waals surface area contributed by atoms with Crippen molar-refractivity contribution in [1.29, 1.82) is 0 Å². The Bertz CT molecular complexity index is 1160. The van der Waals surface area contributed by atoms with Crippen LogP contribution in [0.15, 0.2) is 110 Å². The molecule has 0 heteroatoms. The van der Waals surface area contributed by atoms with Gasteiger partial charge in [0.2, 0.25) is 0 Å². The summed E-state index contributed by atoms with van der Waals surface area (Å²) in [4.78, 5) is 0. The number of hydrogen-bond donors (Lipinski definition) is 0. The first-order valence-electron chi connectivity index (χ1n) is 11.7. The summed E-state index contributed by atoms with van der Waals surface area (Å²) in [6, 6.07) is 32.7. The van der Waals surface area contributed by atoms with Crippen molar-refractivity contribution in [2.24, 2.45) is 0 Å². The van der Waals surface area contributed by atoms with Gasteiger partial charge in [-0.05, 0) is 70.0 Å². The summed E-state index contributed by atoms with van der Waals surface area (Å²) in [5, 5.41) is 2.64. The summed E-state index contributed by atoms with van der Waals surface area (Å²) >= 11 is 0. The summed E-state index contributed by atoms with van der Waals surface area (Å²) in [5.41, 5.74) is 7.75. The minimum absolute atomic E-state index is 1.01. The normalized spacial score (nSPS) is 11.0. The zero-order valence-corrected chi connectivity index (χ0v) is 19.6. The molecule has 4 aromatic carbocycles. The lowest BCUT2D eigenvalue weighted by molar-refractivity contribution is 0.969. The Morgan fingerprint density at radius 1 is 0.781 bits per heavy atom. The van der Waals surface area contributed by atoms with Gasteiger partial charge >= 0.3 is 0 Å². The molecule has 0 unspecified atom stereocenters. The zero-order valence-electron chi connectivity index (χ0n) is 19.6. The van der Waals surface area contributed by atoms with E-state index in [1.165, 1.54) is 50.6 Å². The van der Waals surface area contributed by atoms with Gasteiger partial charge in [-0.3, -0.25) is 0 Å². The lowest BCUT2D eigenvalue weighted by atomic mass is 9.89. The predicted molar refractivity (Wildman–Crippen MR) is 143 cm³/mol. The first kappa shape index (κ1) is 23.3. The number of benzene rings is 4. The van der Waals surface area contributed by atoms with E-state index in [-0.39, 0.29) is 0 Å². The molecule has 0 aliphatic rings. The van der Waals surface area contributed by atoms with Crippen LogP contribution in [0.5, 0.6) is 0 Å². The van der Waals surface area contributed by atoms with Crippen molar-refractivity contribution in [2.45, 2.75) is 40.0 Å². The molecule has 4 rings (SSSR count). The van der Waals surface area contributed by atoms with Crippen LogP contribution >= 0.6 is 0 Å². The van der Waals surface area contributed by atoms with E-state index in [2.05, 4.69) is 124 Å². The Morgan fingerprint density at radius 3 is 2.06 bits per heavy atom. The maximum Gasteiger partial charge on any atom is -0.00728 e. The zero-order chi connectivity index (χ0) is 22.8. The largest absolute Gasteiger partial charge is 0.0985 e. The van der Waals surface area contributed by atoms with E-state index in [1.807, 2.05) is 6.08 Å². The molecule has 0 spiro atoms. The topological polar surface area (TPSA) is 0 Å². The summed E-state index contributed by atoms with van der Waals surface area (Å²) in [5.74, 6) is 0. The van der Waals surface area contributed by atoms with Crippen LogP contribution in [0.4, 0.5) is 0 Å². The molecule has 32 heavy (non-hydrogen) atoms. The highest BCUT2D eigenvalue weighted by Crippen LogP contribution is 2.34. The SMILES string of the molecule is C=C/C(=C\C)c1cc(CCc2ccccc2)c2c(-c3ccccc3)cccc2c1.CCC. The highest BCUT2D eigenvalue weighted by Gasteiger charge is 2.11. The maximum absolute atomic E-state index is 4.01. The van der Waals surface area contributed by atoms with Crippen LogP contribution in [-0.4, -0.2) is 0 Å². The maximum atomic E-state index is 4.01. The van der Waals surface area contributed by atoms with Crippen LogP contribution < -0.4 is 0 Å². The molecular weight excluding hydrogens is 384 g/mol. The minimum atomic E-state index is 1.01. The lowest BCUT2D eigenvalue weighted by Crippen LogP contribution is -1.96. The van der Waals surface area contributed by atoms with Crippen molar-refractivity contribution in [1.82, 2.24) is 0 Å². The molecule has 0 heterocycles. The van der Waals surface area contributed by atoms with Crippen LogP contribution in [0.25, 0.3) is 27.5 Å². The highest BCUT2D eigenvalue weighted by molar-refractivity contribution is 6.01. The Balaban J connectivity index is 0.000000913. The van der Waals surface area contributed by atoms with Gasteiger partial charge in [0.25, 0.3) is 0 Å². The smallest absolute Gasteiger partial charge is 0.00728 e. The molecule has 162 valence electrons. The molecule has 0 N–H and O–H groups in total. The van der Waals surface area contributed by atoms with E-state index in [9.17, 15) is 0 Å². The molecule has 0 aliphatic heterocycles. The summed E-state index contributed by atoms with van der Waals surface area (Å²) < 4.78 is 0. The van der Waals surface area contributed by atoms with Crippen LogP contribution in [0, 0.1) is 0 Å². The van der Waals surface area contributed by atoms with Gasteiger partial charge in [-0.2, -0.15) is 0 Å². The van der Waals surface area contributed by atoms with Gasteiger partial charge in [-0.25, -0.2) is 0 Å². The third-order valence-corrected chi connectivity index (χ3v) is 5.53. The first-order chi connectivity index (χ1) is 15.7. The van der Waals surface area contributed by atoms with Crippen molar-refractivity contribution >= 4 is 16.3 Å². The van der Waals surface area contributed by atoms with Crippen molar-refractivity contribution < 1.29 is 0 Å². The van der Waals surface area contributed by atoms with E-state index in [0.717, 1.165) is 12.8 Å². The van der Waals surface area contributed by atoms with Crippen molar-refractivity contribution in [3.05, 3.63) is 126 Å². The molecule has 0 atom stereocenters. The standard InChI is InChI=1S/C29H26.C3H8/c1-3-23(4-2)27-20-25-16-11-17-28(24-14-9-6-10-15-24)29(25)26(21-27)19-18-22-12-7-5-8-13-22;1-3-2/h3-17,20-21H,1,18-19H2,2H3;3H2,1-2H3/b23-4+;. The first-order valence-corrected chi connectivity index (χ1v) is 11.7. The van der Waals surface area contributed by atoms with Gasteiger partial charge in [-0.15, -0.1) is 0 Å². The molecule has 0 aliphatic carbocycles. The summed E-state index contributed by atoms with van der Waals surface area (Å²) in [6.07, 6.45) is 7.37. The average Bonchev–Trinajstić information content (AvgIpc) is 2.84. The van der Waals surface area contributed by atoms with Gasteiger partial charge in [-0.1, -0.05) is 124 Å². The molecule has 0 radical (unpaired) electrons. The molecule has 0 saturated carbocycles. The fourth-order valence-corrected chi connectivity index (χ4v) is 4.07. The molecule has 0 nitrogen and oxygen atoms in total. The number of hydrogen-bond acceptors (Lipinski definition) is 0. The second-order valence-corrected chi connectivity index (χ2v) is 8.05. The minimum Gasteiger partial charge on any atom is -0.0985 e. The number of rotatable bonds is 6. The second kappa shape index (κ2) is 11.9. The van der Waals surface area contributed by atoms with Crippen LogP contribution in [0.1, 0.15) is 43.9 Å². The van der Waals surface area contributed by atoms with Gasteiger partial charge in [0.05, 0.1) is 0 Å². The fraction of sp³-hybridized carbons (Fsp3) is 0.188. The fourth-order valence-electron chi connectivity index (χ4n) is 4.07. The van der Waals surface area contributed by atoms with E-state index in [0.29, 0.717) is 0 Å². The Labute approximate surface area is 194 Å². The summed E-state index contributed by atoms with van der Waals surface area (Å²) in [7, 11) is 0. The average molecular weight is 419 g/mol. The Kier molecular flexibility index (Phi) is 8.63. The van der Waals surface area contributed by atoms with Crippen molar-refractivity contribution in [3.8, 4) is 11.1 Å². The molecule has 0 saturated heterocycles. The number of fused-ring (bicyclic) bond motifs is 1. The van der Waals surface area contributed by atoms with Gasteiger partial charge in [0.1, 0.15) is 0 Å². The van der Waals surface area contributed by atoms with E-state index < -0.39 is 0 Å². The molecule has 0 fully saturated rings. The summed E-state index contributed by atoms with van der Waals surface area (Å²) in [6.45, 7) is 10.3. The predicted octanol–water partition coefficient (Wildman–Crippen LogP) is 9.30. The molecule has 0 bridgehead atoms. The second-order valence-electron chi connectivity index (χ2n) is 8.05. The van der Waals surface area contributed by atoms with E-state index in [1.54, 1.807) is 0 Å². The lowest BCUT2D eigenvalue weighted by Gasteiger charge is -2.15. The van der Waals surface area contributed by atoms with Crippen molar-refractivity contribution in [2.75, 3.05) is 0 Å². The molecule has 0 amide bonds. The number of allylic oxidation sites excluding steroid dienone is 3. The molecular formula is C32H34. The molecule has 0 aromatic heterocycles. The Hall–Kier alpha value is -3.38. The van der Waals surface area contributed by atoms with Gasteiger partial charge in [0, 0.05) is 0 Å². The van der Waals surface area contributed by atoms with Gasteiger partial charge in [0.15, 0.2) is 0 Å². The third-order valence-electron chi connectivity index (χ3n) is 5.53. The Morgan fingerprint density at radius 2 is 1.44 bits per heavy atom.